The minimum Gasteiger partial charge on any atom is -0.505 e. The van der Waals surface area contributed by atoms with E-state index in [0.717, 1.165) is 12.0 Å². The van der Waals surface area contributed by atoms with E-state index in [9.17, 15) is 14.7 Å². The van der Waals surface area contributed by atoms with E-state index in [1.54, 1.807) is 6.92 Å². The molecule has 7 nitrogen and oxygen atoms in total. The van der Waals surface area contributed by atoms with Crippen LogP contribution in [0.25, 0.3) is 0 Å². The monoisotopic (exact) mass is 504 g/mol. The van der Waals surface area contributed by atoms with Crippen molar-refractivity contribution in [3.8, 4) is 11.5 Å². The van der Waals surface area contributed by atoms with Crippen molar-refractivity contribution in [3.05, 3.63) is 57.6 Å². The van der Waals surface area contributed by atoms with Gasteiger partial charge in [0.2, 0.25) is 0 Å². The number of hydrogen-bond acceptors (Lipinski definition) is 6. The van der Waals surface area contributed by atoms with Crippen LogP contribution in [0.5, 0.6) is 11.5 Å². The maximum atomic E-state index is 12.8. The van der Waals surface area contributed by atoms with Crippen molar-refractivity contribution in [3.63, 3.8) is 0 Å². The molecule has 0 aliphatic rings. The molecule has 1 atom stereocenters. The number of nitrogens with one attached hydrogen (secondary N) is 1. The van der Waals surface area contributed by atoms with Crippen LogP contribution >= 0.6 is 35.6 Å². The van der Waals surface area contributed by atoms with Crippen molar-refractivity contribution < 1.29 is 24.2 Å². The first-order valence-corrected chi connectivity index (χ1v) is 10.7. The summed E-state index contributed by atoms with van der Waals surface area (Å²) in [5, 5.41) is 12.9. The minimum atomic E-state index is -0.959. The fraction of sp³-hybridized carbons (Fsp3) is 0.364. The van der Waals surface area contributed by atoms with Gasteiger partial charge in [-0.15, -0.1) is 12.4 Å². The highest BCUT2D eigenvalue weighted by molar-refractivity contribution is 6.39. The topological polar surface area (TPSA) is 111 Å². The van der Waals surface area contributed by atoms with E-state index >= 15 is 0 Å². The molecule has 32 heavy (non-hydrogen) atoms. The van der Waals surface area contributed by atoms with Gasteiger partial charge in [0.05, 0.1) is 23.8 Å². The highest BCUT2D eigenvalue weighted by Crippen LogP contribution is 2.42. The summed E-state index contributed by atoms with van der Waals surface area (Å²) in [6.07, 6.45) is 1.67. The number of esters is 1. The average Bonchev–Trinajstić information content (AvgIpc) is 2.76. The van der Waals surface area contributed by atoms with Crippen LogP contribution < -0.4 is 15.8 Å². The molecule has 2 aromatic carbocycles. The Balaban J connectivity index is 0.00000512. The molecular weight excluding hydrogens is 479 g/mol. The van der Waals surface area contributed by atoms with Crippen molar-refractivity contribution in [1.82, 2.24) is 5.32 Å². The number of nitrogens with two attached hydrogens (primary N) is 1. The van der Waals surface area contributed by atoms with E-state index in [0.29, 0.717) is 19.6 Å². The maximum Gasteiger partial charge on any atom is 0.328 e. The molecule has 0 aromatic heterocycles. The molecule has 176 valence electrons. The van der Waals surface area contributed by atoms with Gasteiger partial charge in [0.25, 0.3) is 5.91 Å². The Morgan fingerprint density at radius 2 is 1.88 bits per heavy atom. The fourth-order valence-corrected chi connectivity index (χ4v) is 3.40. The Hall–Kier alpha value is -2.19. The zero-order valence-corrected chi connectivity index (χ0v) is 19.9. The number of unbranched alkanes of at least 4 members (excludes halogenated alkanes) is 1. The zero-order valence-electron chi connectivity index (χ0n) is 17.6. The van der Waals surface area contributed by atoms with Gasteiger partial charge < -0.3 is 25.6 Å². The third kappa shape index (κ3) is 7.74. The lowest BCUT2D eigenvalue weighted by Gasteiger charge is -2.19. The smallest absolute Gasteiger partial charge is 0.328 e. The number of ether oxygens (including phenoxy) is 2. The fourth-order valence-electron chi connectivity index (χ4n) is 2.84. The lowest BCUT2D eigenvalue weighted by Crippen LogP contribution is -2.43. The summed E-state index contributed by atoms with van der Waals surface area (Å²) in [7, 11) is 0. The van der Waals surface area contributed by atoms with Crippen molar-refractivity contribution >= 4 is 47.5 Å². The first-order valence-electron chi connectivity index (χ1n) is 9.94. The molecule has 0 fully saturated rings. The van der Waals surface area contributed by atoms with Gasteiger partial charge in [-0.1, -0.05) is 53.5 Å². The third-order valence-electron chi connectivity index (χ3n) is 4.40. The van der Waals surface area contributed by atoms with Gasteiger partial charge in [-0.2, -0.15) is 0 Å². The third-order valence-corrected chi connectivity index (χ3v) is 5.03. The minimum absolute atomic E-state index is 0. The second-order valence-corrected chi connectivity index (χ2v) is 7.49. The van der Waals surface area contributed by atoms with E-state index in [1.165, 1.54) is 6.07 Å². The zero-order chi connectivity index (χ0) is 22.8. The quantitative estimate of drug-likeness (QED) is 0.313. The van der Waals surface area contributed by atoms with Crippen LogP contribution in [0.2, 0.25) is 10.0 Å². The highest BCUT2D eigenvalue weighted by atomic mass is 35.5. The molecule has 0 spiro atoms. The standard InChI is InChI=1S/C22H26Cl2N2O5.ClH/c1-2-30-22(29)17(12-14-8-4-3-5-9-14)26-21(28)15-13-16(23)20(18(24)19(15)27)31-11-7-6-10-25;/h3-5,8-9,13,17,27H,2,6-7,10-12,25H2,1H3,(H,26,28);1H/t17-;/m1./s1. The van der Waals surface area contributed by atoms with Crippen LogP contribution in [0.3, 0.4) is 0 Å². The number of benzene rings is 2. The molecule has 4 N–H and O–H groups in total. The number of aromatic hydroxyl groups is 1. The van der Waals surface area contributed by atoms with Crippen LogP contribution in [0.15, 0.2) is 36.4 Å². The predicted molar refractivity (Wildman–Crippen MR) is 127 cm³/mol. The molecule has 0 heterocycles. The van der Waals surface area contributed by atoms with Crippen LogP contribution in [0, 0.1) is 0 Å². The number of phenolic OH excluding ortho intramolecular Hbond substituents is 1. The summed E-state index contributed by atoms with van der Waals surface area (Å²) >= 11 is 12.4. The second kappa shape index (κ2) is 14.1. The number of carbonyl (C=O) groups excluding carboxylic acids is 2. The molecule has 0 bridgehead atoms. The van der Waals surface area contributed by atoms with E-state index in [1.807, 2.05) is 30.3 Å². The van der Waals surface area contributed by atoms with Gasteiger partial charge in [0.15, 0.2) is 11.5 Å². The number of phenols is 1. The van der Waals surface area contributed by atoms with Gasteiger partial charge in [-0.05, 0) is 37.9 Å². The predicted octanol–water partition coefficient (Wildman–Crippen LogP) is 4.14. The molecule has 10 heteroatoms. The van der Waals surface area contributed by atoms with Crippen LogP contribution in [-0.2, 0) is 16.0 Å². The molecule has 0 aliphatic heterocycles. The second-order valence-electron chi connectivity index (χ2n) is 6.71. The van der Waals surface area contributed by atoms with Crippen molar-refractivity contribution in [2.75, 3.05) is 19.8 Å². The molecular formula is C22H27Cl3N2O5. The first-order chi connectivity index (χ1) is 14.9. The Morgan fingerprint density at radius 1 is 1.19 bits per heavy atom. The summed E-state index contributed by atoms with van der Waals surface area (Å²) in [4.78, 5) is 25.2. The van der Waals surface area contributed by atoms with Crippen LogP contribution in [-0.4, -0.2) is 42.8 Å². The summed E-state index contributed by atoms with van der Waals surface area (Å²) < 4.78 is 10.6. The molecule has 0 saturated carbocycles. The van der Waals surface area contributed by atoms with E-state index < -0.39 is 23.7 Å². The number of rotatable bonds is 11. The van der Waals surface area contributed by atoms with Gasteiger partial charge in [-0.3, -0.25) is 4.79 Å². The molecule has 0 aliphatic carbocycles. The lowest BCUT2D eigenvalue weighted by molar-refractivity contribution is -0.145. The first kappa shape index (κ1) is 27.8. The highest BCUT2D eigenvalue weighted by Gasteiger charge is 2.27. The van der Waals surface area contributed by atoms with Gasteiger partial charge in [0, 0.05) is 6.42 Å². The Morgan fingerprint density at radius 3 is 2.50 bits per heavy atom. The SMILES string of the molecule is CCOC(=O)[C@@H](Cc1ccccc1)NC(=O)c1cc(Cl)c(OCCCCN)c(Cl)c1O.Cl. The van der Waals surface area contributed by atoms with Crippen molar-refractivity contribution in [2.24, 2.45) is 5.73 Å². The Bertz CT molecular complexity index is 897. The molecule has 1 amide bonds. The van der Waals surface area contributed by atoms with Gasteiger partial charge in [-0.25, -0.2) is 4.79 Å². The maximum absolute atomic E-state index is 12.8. The summed E-state index contributed by atoms with van der Waals surface area (Å²) in [5.41, 5.74) is 6.11. The number of carbonyl (C=O) groups is 2. The van der Waals surface area contributed by atoms with E-state index in [4.69, 9.17) is 38.4 Å². The average molecular weight is 506 g/mol. The van der Waals surface area contributed by atoms with E-state index in [-0.39, 0.29) is 46.8 Å². The molecule has 2 rings (SSSR count). The Labute approximate surface area is 203 Å². The Kier molecular flexibility index (Phi) is 12.2. The van der Waals surface area contributed by atoms with Crippen molar-refractivity contribution in [1.29, 1.82) is 0 Å². The largest absolute Gasteiger partial charge is 0.505 e. The molecule has 2 aromatic rings. The molecule has 0 unspecified atom stereocenters. The van der Waals surface area contributed by atoms with Gasteiger partial charge in [0.1, 0.15) is 11.1 Å². The molecule has 0 saturated heterocycles. The van der Waals surface area contributed by atoms with Crippen molar-refractivity contribution in [2.45, 2.75) is 32.2 Å². The summed E-state index contributed by atoms with van der Waals surface area (Å²) in [6, 6.07) is 9.47. The van der Waals surface area contributed by atoms with Gasteiger partial charge >= 0.3 is 5.97 Å². The number of amides is 1. The number of halogens is 3. The lowest BCUT2D eigenvalue weighted by atomic mass is 10.1. The van der Waals surface area contributed by atoms with E-state index in [2.05, 4.69) is 5.32 Å². The summed E-state index contributed by atoms with van der Waals surface area (Å²) in [6.45, 7) is 2.68. The van der Waals surface area contributed by atoms with Crippen LogP contribution in [0.1, 0.15) is 35.7 Å². The van der Waals surface area contributed by atoms with Crippen LogP contribution in [0.4, 0.5) is 0 Å². The normalized spacial score (nSPS) is 11.2. The number of hydrogen-bond donors (Lipinski definition) is 3. The summed E-state index contributed by atoms with van der Waals surface area (Å²) in [5.74, 6) is -1.71. The molecule has 0 radical (unpaired) electrons.